The number of anilines is 3. The van der Waals surface area contributed by atoms with Gasteiger partial charge < -0.3 is 16.4 Å². The zero-order valence-corrected chi connectivity index (χ0v) is 13.1. The number of hydrogen-bond acceptors (Lipinski definition) is 8. The van der Waals surface area contributed by atoms with Gasteiger partial charge in [-0.2, -0.15) is 8.42 Å². The quantitative estimate of drug-likeness (QED) is 0.453. The summed E-state index contributed by atoms with van der Waals surface area (Å²) in [6.07, 6.45) is 0. The van der Waals surface area contributed by atoms with Crippen molar-refractivity contribution in [3.8, 4) is 0 Å². The van der Waals surface area contributed by atoms with Crippen molar-refractivity contribution >= 4 is 28.2 Å². The average molecular weight is 341 g/mol. The molecule has 0 bridgehead atoms. The fraction of sp³-hybridized carbons (Fsp3) is 0.250. The molecule has 0 atom stereocenters. The molecule has 23 heavy (non-hydrogen) atoms. The molecule has 0 unspecified atom stereocenters. The molecule has 0 aliphatic carbocycles. The smallest absolute Gasteiger partial charge is 0.320 e. The number of nitrogens with zero attached hydrogens (tertiary/aromatic N) is 4. The number of nitrogens with two attached hydrogens (primary N) is 2. The zero-order valence-electron chi connectivity index (χ0n) is 12.3. The highest BCUT2D eigenvalue weighted by atomic mass is 32.3. The first kappa shape index (κ1) is 16.7. The molecular formula is C12H17N6O4S+. The number of hydrogen-bond donors (Lipinski definition) is 3. The van der Waals surface area contributed by atoms with Gasteiger partial charge in [-0.05, 0) is 17.2 Å². The third-order valence-corrected chi connectivity index (χ3v) is 3.23. The highest BCUT2D eigenvalue weighted by Crippen LogP contribution is 2.13. The van der Waals surface area contributed by atoms with Crippen LogP contribution >= 0.6 is 0 Å². The van der Waals surface area contributed by atoms with Gasteiger partial charge in [0.1, 0.15) is 0 Å². The molecule has 124 valence electrons. The van der Waals surface area contributed by atoms with Crippen LogP contribution in [0.15, 0.2) is 30.3 Å². The minimum atomic E-state index is -4.80. The Morgan fingerprint density at radius 1 is 1.22 bits per heavy atom. The molecule has 0 radical (unpaired) electrons. The fourth-order valence-electron chi connectivity index (χ4n) is 1.88. The van der Waals surface area contributed by atoms with Crippen LogP contribution in [0.25, 0.3) is 0 Å². The Balaban J connectivity index is 2.31. The minimum Gasteiger partial charge on any atom is -0.320 e. The number of aromatic nitrogens is 3. The van der Waals surface area contributed by atoms with Crippen LogP contribution in [0.5, 0.6) is 0 Å². The first-order valence-electron chi connectivity index (χ1n) is 6.61. The maximum Gasteiger partial charge on any atom is 0.472 e. The lowest BCUT2D eigenvalue weighted by Crippen LogP contribution is -2.51. The van der Waals surface area contributed by atoms with E-state index in [4.69, 9.17) is 16.0 Å². The Labute approximate surface area is 133 Å². The standard InChI is InChI=1S/C12H16N6O4S/c1-2-17(8-9-6-4-3-5-7-9)12-15-10(13)18(11(14)16-12)22-23(19,20)21/h3-7H,2,8H2,1H3,(H4,13,14,15,16,19,20,21)/p+1. The van der Waals surface area contributed by atoms with E-state index in [9.17, 15) is 8.42 Å². The molecule has 10 nitrogen and oxygen atoms in total. The number of rotatable bonds is 6. The topological polar surface area (TPSA) is 149 Å². The summed E-state index contributed by atoms with van der Waals surface area (Å²) >= 11 is 0. The van der Waals surface area contributed by atoms with E-state index in [0.717, 1.165) is 5.56 Å². The normalized spacial score (nSPS) is 11.2. The molecule has 0 fully saturated rings. The van der Waals surface area contributed by atoms with Gasteiger partial charge in [-0.1, -0.05) is 40.3 Å². The van der Waals surface area contributed by atoms with Crippen molar-refractivity contribution in [2.24, 2.45) is 0 Å². The van der Waals surface area contributed by atoms with Crippen molar-refractivity contribution < 1.29 is 22.0 Å². The van der Waals surface area contributed by atoms with Gasteiger partial charge in [-0.25, -0.2) is 4.28 Å². The predicted molar refractivity (Wildman–Crippen MR) is 82.3 cm³/mol. The van der Waals surface area contributed by atoms with E-state index in [0.29, 0.717) is 17.8 Å². The Bertz CT molecular complexity index is 760. The molecular weight excluding hydrogens is 324 g/mol. The van der Waals surface area contributed by atoms with Crippen LogP contribution in [0.1, 0.15) is 12.5 Å². The van der Waals surface area contributed by atoms with Crippen molar-refractivity contribution in [2.75, 3.05) is 22.9 Å². The van der Waals surface area contributed by atoms with Crippen LogP contribution in [0.4, 0.5) is 17.8 Å². The summed E-state index contributed by atoms with van der Waals surface area (Å²) in [5.74, 6) is -0.519. The van der Waals surface area contributed by atoms with Gasteiger partial charge in [0.25, 0.3) is 0 Å². The zero-order chi connectivity index (χ0) is 17.0. The molecule has 0 spiro atoms. The highest BCUT2D eigenvalue weighted by Gasteiger charge is 2.24. The molecule has 0 saturated heterocycles. The molecule has 11 heteroatoms. The minimum absolute atomic E-state index is 0.210. The third kappa shape index (κ3) is 4.40. The molecule has 0 saturated carbocycles. The molecule has 0 amide bonds. The lowest BCUT2D eigenvalue weighted by molar-refractivity contribution is -0.836. The van der Waals surface area contributed by atoms with Crippen molar-refractivity contribution in [3.05, 3.63) is 35.9 Å². The van der Waals surface area contributed by atoms with Crippen LogP contribution < -0.4 is 25.4 Å². The van der Waals surface area contributed by atoms with Crippen molar-refractivity contribution in [1.82, 2.24) is 9.97 Å². The van der Waals surface area contributed by atoms with Crippen LogP contribution in [0.2, 0.25) is 0 Å². The van der Waals surface area contributed by atoms with Crippen LogP contribution in [-0.4, -0.2) is 29.5 Å². The lowest BCUT2D eigenvalue weighted by Gasteiger charge is -2.18. The van der Waals surface area contributed by atoms with Gasteiger partial charge in [0, 0.05) is 13.1 Å². The summed E-state index contributed by atoms with van der Waals surface area (Å²) in [5, 5.41) is 0. The van der Waals surface area contributed by atoms with E-state index in [2.05, 4.69) is 14.3 Å². The van der Waals surface area contributed by atoms with Crippen molar-refractivity contribution in [2.45, 2.75) is 13.5 Å². The van der Waals surface area contributed by atoms with Crippen molar-refractivity contribution in [3.63, 3.8) is 0 Å². The first-order valence-corrected chi connectivity index (χ1v) is 7.98. The summed E-state index contributed by atoms with van der Waals surface area (Å²) in [6, 6.07) is 9.61. The van der Waals surface area contributed by atoms with E-state index in [-0.39, 0.29) is 17.8 Å². The van der Waals surface area contributed by atoms with Crippen LogP contribution in [0, 0.1) is 0 Å². The second kappa shape index (κ2) is 6.62. The monoisotopic (exact) mass is 341 g/mol. The third-order valence-electron chi connectivity index (χ3n) is 2.89. The van der Waals surface area contributed by atoms with Gasteiger partial charge >= 0.3 is 28.2 Å². The van der Waals surface area contributed by atoms with E-state index in [1.54, 1.807) is 4.90 Å². The maximum atomic E-state index is 10.8. The summed E-state index contributed by atoms with van der Waals surface area (Å²) in [4.78, 5) is 9.71. The number of nitrogen functional groups attached to an aromatic ring is 2. The first-order chi connectivity index (χ1) is 10.8. The Kier molecular flexibility index (Phi) is 4.81. The average Bonchev–Trinajstić information content (AvgIpc) is 2.48. The Morgan fingerprint density at radius 2 is 1.78 bits per heavy atom. The molecule has 0 aliphatic heterocycles. The maximum absolute atomic E-state index is 10.8. The molecule has 2 aromatic rings. The van der Waals surface area contributed by atoms with Gasteiger partial charge in [0.2, 0.25) is 0 Å². The summed E-state index contributed by atoms with van der Waals surface area (Å²) < 4.78 is 34.8. The van der Waals surface area contributed by atoms with E-state index < -0.39 is 10.4 Å². The largest absolute Gasteiger partial charge is 0.472 e. The van der Waals surface area contributed by atoms with Gasteiger partial charge in [-0.15, -0.1) is 0 Å². The molecule has 2 rings (SSSR count). The molecule has 1 aromatic heterocycles. The Morgan fingerprint density at radius 3 is 2.26 bits per heavy atom. The van der Waals surface area contributed by atoms with Gasteiger partial charge in [-0.3, -0.25) is 4.55 Å². The van der Waals surface area contributed by atoms with Crippen molar-refractivity contribution in [1.29, 1.82) is 0 Å². The highest BCUT2D eigenvalue weighted by molar-refractivity contribution is 7.80. The number of benzene rings is 1. The fourth-order valence-corrected chi connectivity index (χ4v) is 2.22. The second-order valence-corrected chi connectivity index (χ2v) is 5.54. The summed E-state index contributed by atoms with van der Waals surface area (Å²) in [6.45, 7) is 2.98. The van der Waals surface area contributed by atoms with E-state index >= 15 is 0 Å². The second-order valence-electron chi connectivity index (χ2n) is 4.54. The van der Waals surface area contributed by atoms with Crippen LogP contribution in [0.3, 0.4) is 0 Å². The molecule has 5 N–H and O–H groups in total. The summed E-state index contributed by atoms with van der Waals surface area (Å²) in [5.41, 5.74) is 12.3. The predicted octanol–water partition coefficient (Wildman–Crippen LogP) is -0.814. The SMILES string of the molecule is CCN(Cc1ccccc1)c1nc(N)[n+](OS(=O)(=O)O)c(N)n1. The molecule has 0 aliphatic rings. The van der Waals surface area contributed by atoms with Gasteiger partial charge in [0.05, 0.1) is 0 Å². The lowest BCUT2D eigenvalue weighted by atomic mass is 10.2. The van der Waals surface area contributed by atoms with E-state index in [1.807, 2.05) is 37.3 Å². The molecule has 1 heterocycles. The summed E-state index contributed by atoms with van der Waals surface area (Å²) in [7, 11) is -4.80. The van der Waals surface area contributed by atoms with E-state index in [1.165, 1.54) is 0 Å². The van der Waals surface area contributed by atoms with Gasteiger partial charge in [0.15, 0.2) is 0 Å². The van der Waals surface area contributed by atoms with Crippen LogP contribution in [-0.2, 0) is 16.9 Å². The Hall–Kier alpha value is -2.66. The molecule has 1 aromatic carbocycles.